The van der Waals surface area contributed by atoms with Crippen LogP contribution in [0.2, 0.25) is 0 Å². The highest BCUT2D eigenvalue weighted by Gasteiger charge is 2.30. The van der Waals surface area contributed by atoms with Gasteiger partial charge in [0.2, 0.25) is 0 Å². The summed E-state index contributed by atoms with van der Waals surface area (Å²) in [6, 6.07) is 0. The van der Waals surface area contributed by atoms with Crippen molar-refractivity contribution in [1.29, 1.82) is 0 Å². The highest BCUT2D eigenvalue weighted by Crippen LogP contribution is 2.45. The number of phosphoric ester groups is 2. The van der Waals surface area contributed by atoms with Gasteiger partial charge in [0.1, 0.15) is 19.3 Å². The van der Waals surface area contributed by atoms with Crippen molar-refractivity contribution in [1.82, 2.24) is 0 Å². The molecular formula is C79H154O17P2. The number of esters is 4. The van der Waals surface area contributed by atoms with E-state index in [0.717, 1.165) is 114 Å². The minimum Gasteiger partial charge on any atom is -0.462 e. The van der Waals surface area contributed by atoms with E-state index in [-0.39, 0.29) is 25.7 Å². The molecule has 0 aliphatic carbocycles. The summed E-state index contributed by atoms with van der Waals surface area (Å²) in [7, 11) is -9.92. The van der Waals surface area contributed by atoms with E-state index in [1.807, 2.05) is 0 Å². The zero-order valence-corrected chi connectivity index (χ0v) is 66.2. The Labute approximate surface area is 600 Å². The molecule has 0 radical (unpaired) electrons. The van der Waals surface area contributed by atoms with Crippen LogP contribution in [0.4, 0.5) is 0 Å². The molecule has 0 aromatic heterocycles. The van der Waals surface area contributed by atoms with Crippen LogP contribution < -0.4 is 0 Å². The van der Waals surface area contributed by atoms with E-state index >= 15 is 0 Å². The molecular weight excluding hydrogens is 1280 g/mol. The first-order chi connectivity index (χ1) is 47.1. The van der Waals surface area contributed by atoms with Crippen LogP contribution in [0.5, 0.6) is 0 Å². The molecule has 98 heavy (non-hydrogen) atoms. The van der Waals surface area contributed by atoms with Gasteiger partial charge in [0, 0.05) is 25.7 Å². The van der Waals surface area contributed by atoms with E-state index < -0.39 is 97.5 Å². The van der Waals surface area contributed by atoms with Crippen LogP contribution in [0.25, 0.3) is 0 Å². The number of hydrogen-bond donors (Lipinski definition) is 3. The van der Waals surface area contributed by atoms with Crippen molar-refractivity contribution >= 4 is 39.5 Å². The van der Waals surface area contributed by atoms with Gasteiger partial charge >= 0.3 is 39.5 Å². The van der Waals surface area contributed by atoms with E-state index in [9.17, 15) is 43.2 Å². The van der Waals surface area contributed by atoms with Crippen molar-refractivity contribution in [3.05, 3.63) is 0 Å². The van der Waals surface area contributed by atoms with Crippen LogP contribution in [0.1, 0.15) is 402 Å². The largest absolute Gasteiger partial charge is 0.472 e. The fourth-order valence-corrected chi connectivity index (χ4v) is 13.7. The standard InChI is InChI=1S/C79H154O17P2/c1-69(2)55-47-39-31-25-21-17-13-11-9-10-12-14-20-24-28-35-45-53-61-78(83)95-74(65-89-76(81)59-51-43-34-27-23-19-16-15-18-22-26-32-40-48-56-70(3)4)67-93-97(85,86)91-63-73(80)64-92-98(87,88)94-68-75(66-90-77(82)60-52-44-38-37-42-50-58-72(7)8)96-79(84)62-54-46-36-30-29-33-41-49-57-71(5)6/h69-75,80H,9-68H2,1-8H3,(H,85,86)(H,87,88)/t73-,74-,75-/m1/s1. The molecule has 0 bridgehead atoms. The number of rotatable bonds is 76. The summed E-state index contributed by atoms with van der Waals surface area (Å²) in [6.45, 7) is 14.2. The first-order valence-corrected chi connectivity index (χ1v) is 43.7. The molecule has 0 aliphatic heterocycles. The Bertz CT molecular complexity index is 1920. The fourth-order valence-electron chi connectivity index (χ4n) is 12.1. The van der Waals surface area contributed by atoms with Crippen LogP contribution >= 0.6 is 15.6 Å². The minimum atomic E-state index is -4.96. The molecule has 3 N–H and O–H groups in total. The Morgan fingerprint density at radius 2 is 0.429 bits per heavy atom. The second-order valence-electron chi connectivity index (χ2n) is 30.4. The lowest BCUT2D eigenvalue weighted by molar-refractivity contribution is -0.161. The summed E-state index contributed by atoms with van der Waals surface area (Å²) < 4.78 is 68.6. The lowest BCUT2D eigenvalue weighted by Crippen LogP contribution is -2.30. The van der Waals surface area contributed by atoms with Gasteiger partial charge in [-0.25, -0.2) is 9.13 Å². The third-order valence-corrected chi connectivity index (χ3v) is 20.2. The highest BCUT2D eigenvalue weighted by atomic mass is 31.2. The fraction of sp³-hybridized carbons (Fsp3) is 0.949. The molecule has 19 heteroatoms. The van der Waals surface area contributed by atoms with Gasteiger partial charge in [-0.1, -0.05) is 351 Å². The Balaban J connectivity index is 5.20. The summed E-state index contributed by atoms with van der Waals surface area (Å²) in [5.41, 5.74) is 0. The van der Waals surface area contributed by atoms with Crippen LogP contribution in [0, 0.1) is 23.7 Å². The Morgan fingerprint density at radius 3 is 0.633 bits per heavy atom. The maximum atomic E-state index is 13.1. The van der Waals surface area contributed by atoms with Crippen molar-refractivity contribution in [3.63, 3.8) is 0 Å². The average molecular weight is 1440 g/mol. The SMILES string of the molecule is CC(C)CCCCCCCCCCCCCCCCCCCCC(=O)O[C@H](COC(=O)CCCCCCCCCCCCCCCCC(C)C)COP(=O)(O)OC[C@@H](O)COP(=O)(O)OC[C@@H](COC(=O)CCCCCCCCC(C)C)OC(=O)CCCCCCCCCCC(C)C. The highest BCUT2D eigenvalue weighted by molar-refractivity contribution is 7.47. The third kappa shape index (κ3) is 72.4. The van der Waals surface area contributed by atoms with Gasteiger partial charge in [-0.3, -0.25) is 37.3 Å². The predicted octanol–water partition coefficient (Wildman–Crippen LogP) is 23.2. The quantitative estimate of drug-likeness (QED) is 0.0222. The lowest BCUT2D eigenvalue weighted by atomic mass is 10.0. The van der Waals surface area contributed by atoms with Crippen LogP contribution in [-0.4, -0.2) is 96.7 Å². The van der Waals surface area contributed by atoms with Crippen molar-refractivity contribution in [2.75, 3.05) is 39.6 Å². The van der Waals surface area contributed by atoms with Crippen LogP contribution in [0.3, 0.4) is 0 Å². The minimum absolute atomic E-state index is 0.103. The van der Waals surface area contributed by atoms with Crippen molar-refractivity contribution in [3.8, 4) is 0 Å². The molecule has 0 saturated heterocycles. The van der Waals surface area contributed by atoms with Gasteiger partial charge in [0.05, 0.1) is 26.4 Å². The molecule has 17 nitrogen and oxygen atoms in total. The number of unbranched alkanes of at least 4 members (excludes halogenated alkanes) is 42. The van der Waals surface area contributed by atoms with E-state index in [4.69, 9.17) is 37.0 Å². The van der Waals surface area contributed by atoms with Gasteiger partial charge in [0.25, 0.3) is 0 Å². The molecule has 0 spiro atoms. The lowest BCUT2D eigenvalue weighted by Gasteiger charge is -2.21. The summed E-state index contributed by atoms with van der Waals surface area (Å²) in [4.78, 5) is 72.8. The number of phosphoric acid groups is 2. The van der Waals surface area contributed by atoms with Gasteiger partial charge < -0.3 is 33.8 Å². The Kier molecular flexibility index (Phi) is 66.8. The summed E-state index contributed by atoms with van der Waals surface area (Å²) in [5.74, 6) is 0.896. The zero-order valence-electron chi connectivity index (χ0n) is 64.4. The second kappa shape index (κ2) is 68.2. The number of carbonyl (C=O) groups excluding carboxylic acids is 4. The Morgan fingerprint density at radius 1 is 0.255 bits per heavy atom. The summed E-state index contributed by atoms with van der Waals surface area (Å²) in [6.07, 6.45) is 54.5. The molecule has 0 saturated carbocycles. The maximum Gasteiger partial charge on any atom is 0.472 e. The smallest absolute Gasteiger partial charge is 0.462 e. The van der Waals surface area contributed by atoms with Crippen molar-refractivity contribution in [2.45, 2.75) is 420 Å². The van der Waals surface area contributed by atoms with Gasteiger partial charge in [-0.2, -0.15) is 0 Å². The Hall–Kier alpha value is -1.94. The third-order valence-electron chi connectivity index (χ3n) is 18.3. The molecule has 0 amide bonds. The molecule has 0 fully saturated rings. The second-order valence-corrected chi connectivity index (χ2v) is 33.3. The summed E-state index contributed by atoms with van der Waals surface area (Å²) >= 11 is 0. The van der Waals surface area contributed by atoms with Gasteiger partial charge in [-0.15, -0.1) is 0 Å². The first-order valence-electron chi connectivity index (χ1n) is 40.7. The first kappa shape index (κ1) is 96.1. The zero-order chi connectivity index (χ0) is 72.4. The van der Waals surface area contributed by atoms with Crippen LogP contribution in [0.15, 0.2) is 0 Å². The molecule has 0 aromatic rings. The number of aliphatic hydroxyl groups excluding tert-OH is 1. The molecule has 2 unspecified atom stereocenters. The maximum absolute atomic E-state index is 13.1. The molecule has 0 aromatic carbocycles. The van der Waals surface area contributed by atoms with Crippen molar-refractivity contribution < 1.29 is 80.2 Å². The molecule has 582 valence electrons. The number of carbonyl (C=O) groups is 4. The topological polar surface area (TPSA) is 237 Å². The average Bonchev–Trinajstić information content (AvgIpc) is 1.06. The predicted molar refractivity (Wildman–Crippen MR) is 400 cm³/mol. The number of ether oxygens (including phenoxy) is 4. The normalized spacial score (nSPS) is 14.1. The van der Waals surface area contributed by atoms with E-state index in [0.29, 0.717) is 31.6 Å². The van der Waals surface area contributed by atoms with Crippen molar-refractivity contribution in [2.24, 2.45) is 23.7 Å². The molecule has 0 heterocycles. The number of aliphatic hydroxyl groups is 1. The molecule has 5 atom stereocenters. The van der Waals surface area contributed by atoms with E-state index in [2.05, 4.69) is 55.4 Å². The monoisotopic (exact) mass is 1440 g/mol. The van der Waals surface area contributed by atoms with E-state index in [1.54, 1.807) is 0 Å². The molecule has 0 aliphatic rings. The molecule has 0 rings (SSSR count). The van der Waals surface area contributed by atoms with E-state index in [1.165, 1.54) is 199 Å². The van der Waals surface area contributed by atoms with Gasteiger partial charge in [0.15, 0.2) is 12.2 Å². The van der Waals surface area contributed by atoms with Crippen LogP contribution in [-0.2, 0) is 65.4 Å². The summed E-state index contributed by atoms with van der Waals surface area (Å²) in [5, 5.41) is 10.6. The van der Waals surface area contributed by atoms with Gasteiger partial charge in [-0.05, 0) is 49.4 Å². The number of hydrogen-bond acceptors (Lipinski definition) is 15.